The standard InChI is InChI=1S/C9H23NO3Si.C6H17NO2Si.C2H6.CH4/c1-4-11-14(12-5-2,13-6-3)9-7-8-10;1-8-10(3,9-2)6-4-5-7;1-2;/h4-10H2,1-3H3;4-7H2,1-3H3;1-2H3;1H4. The minimum absolute atomic E-state index is 0. The van der Waals surface area contributed by atoms with Crippen LogP contribution in [0.25, 0.3) is 0 Å². The van der Waals surface area contributed by atoms with Crippen molar-refractivity contribution >= 4 is 17.4 Å². The van der Waals surface area contributed by atoms with Gasteiger partial charge in [-0.1, -0.05) is 21.3 Å². The molecule has 27 heavy (non-hydrogen) atoms. The minimum atomic E-state index is -2.40. The van der Waals surface area contributed by atoms with Gasteiger partial charge in [-0.2, -0.15) is 0 Å². The highest BCUT2D eigenvalue weighted by atomic mass is 28.4. The van der Waals surface area contributed by atoms with Crippen molar-refractivity contribution in [3.8, 4) is 0 Å². The van der Waals surface area contributed by atoms with Gasteiger partial charge >= 0.3 is 17.4 Å². The summed E-state index contributed by atoms with van der Waals surface area (Å²) < 4.78 is 27.5. The average molecular weight is 431 g/mol. The smallest absolute Gasteiger partial charge is 0.398 e. The molecule has 0 aromatic rings. The average Bonchev–Trinajstić information content (AvgIpc) is 2.67. The molecule has 0 spiro atoms. The van der Waals surface area contributed by atoms with E-state index in [1.54, 1.807) is 14.2 Å². The van der Waals surface area contributed by atoms with E-state index in [-0.39, 0.29) is 7.43 Å². The summed E-state index contributed by atoms with van der Waals surface area (Å²) in [6, 6.07) is 1.80. The second-order valence-electron chi connectivity index (χ2n) is 5.31. The van der Waals surface area contributed by atoms with E-state index in [0.29, 0.717) is 26.4 Å². The van der Waals surface area contributed by atoms with Gasteiger partial charge in [0, 0.05) is 40.1 Å². The molecule has 0 aliphatic rings. The Hall–Kier alpha value is 0.154. The molecule has 0 saturated heterocycles. The Morgan fingerprint density at radius 3 is 1.30 bits per heavy atom. The molecular weight excluding hydrogens is 380 g/mol. The zero-order valence-corrected chi connectivity index (χ0v) is 20.6. The lowest BCUT2D eigenvalue weighted by Gasteiger charge is -2.28. The SMILES string of the molecule is C.CC.CCO[Si](CCCN)(OCC)OCC.CO[Si](C)(CCCN)OC. The van der Waals surface area contributed by atoms with Gasteiger partial charge in [-0.3, -0.25) is 0 Å². The van der Waals surface area contributed by atoms with Crippen molar-refractivity contribution in [1.29, 1.82) is 0 Å². The molecule has 170 valence electrons. The van der Waals surface area contributed by atoms with Crippen LogP contribution < -0.4 is 11.5 Å². The van der Waals surface area contributed by atoms with Crippen LogP contribution >= 0.6 is 0 Å². The zero-order chi connectivity index (χ0) is 20.9. The first kappa shape index (κ1) is 34.6. The number of hydrogen-bond acceptors (Lipinski definition) is 7. The molecule has 0 atom stereocenters. The highest BCUT2D eigenvalue weighted by Crippen LogP contribution is 2.17. The lowest BCUT2D eigenvalue weighted by Crippen LogP contribution is -2.46. The van der Waals surface area contributed by atoms with Crippen molar-refractivity contribution in [2.24, 2.45) is 11.5 Å². The normalized spacial score (nSPS) is 10.9. The maximum Gasteiger partial charge on any atom is 0.500 e. The lowest BCUT2D eigenvalue weighted by atomic mass is 10.5. The molecular formula is C18H50N2O5Si2. The van der Waals surface area contributed by atoms with Crippen LogP contribution in [0, 0.1) is 0 Å². The maximum atomic E-state index is 5.65. The van der Waals surface area contributed by atoms with Crippen LogP contribution in [0.4, 0.5) is 0 Å². The fourth-order valence-corrected chi connectivity index (χ4v) is 6.09. The van der Waals surface area contributed by atoms with E-state index in [2.05, 4.69) is 0 Å². The van der Waals surface area contributed by atoms with Crippen molar-refractivity contribution in [1.82, 2.24) is 0 Å². The Balaban J connectivity index is -0.000000180. The van der Waals surface area contributed by atoms with E-state index in [1.807, 2.05) is 41.2 Å². The molecule has 0 aliphatic heterocycles. The number of rotatable bonds is 14. The Morgan fingerprint density at radius 2 is 1.04 bits per heavy atom. The summed E-state index contributed by atoms with van der Waals surface area (Å²) in [7, 11) is -0.794. The summed E-state index contributed by atoms with van der Waals surface area (Å²) in [6.07, 6.45) is 1.89. The van der Waals surface area contributed by atoms with Gasteiger partial charge in [0.05, 0.1) is 0 Å². The van der Waals surface area contributed by atoms with E-state index in [0.717, 1.165) is 31.5 Å². The van der Waals surface area contributed by atoms with Crippen molar-refractivity contribution < 1.29 is 22.1 Å². The molecule has 0 saturated carbocycles. The van der Waals surface area contributed by atoms with E-state index in [1.165, 1.54) is 0 Å². The minimum Gasteiger partial charge on any atom is -0.398 e. The highest BCUT2D eigenvalue weighted by molar-refractivity contribution is 6.65. The van der Waals surface area contributed by atoms with E-state index in [4.69, 9.17) is 33.6 Å². The molecule has 9 heteroatoms. The first-order chi connectivity index (χ1) is 12.4. The lowest BCUT2D eigenvalue weighted by molar-refractivity contribution is 0.0710. The van der Waals surface area contributed by atoms with Crippen LogP contribution in [-0.4, -0.2) is 64.5 Å². The molecule has 0 amide bonds. The summed E-state index contributed by atoms with van der Waals surface area (Å²) >= 11 is 0. The van der Waals surface area contributed by atoms with Gasteiger partial charge in [0.25, 0.3) is 0 Å². The second-order valence-corrected chi connectivity index (χ2v) is 11.6. The second kappa shape index (κ2) is 24.2. The summed E-state index contributed by atoms with van der Waals surface area (Å²) in [5.41, 5.74) is 10.8. The Kier molecular flexibility index (Phi) is 31.0. The van der Waals surface area contributed by atoms with E-state index >= 15 is 0 Å². The molecule has 4 N–H and O–H groups in total. The molecule has 0 aromatic carbocycles. The van der Waals surface area contributed by atoms with Gasteiger partial charge in [0.2, 0.25) is 0 Å². The first-order valence-electron chi connectivity index (χ1n) is 9.85. The summed E-state index contributed by atoms with van der Waals surface area (Å²) in [6.45, 7) is 15.2. The van der Waals surface area contributed by atoms with Gasteiger partial charge in [-0.15, -0.1) is 0 Å². The quantitative estimate of drug-likeness (QED) is 0.405. The third kappa shape index (κ3) is 19.3. The predicted octanol–water partition coefficient (Wildman–Crippen LogP) is 3.75. The molecule has 0 bridgehead atoms. The van der Waals surface area contributed by atoms with Gasteiger partial charge in [0.1, 0.15) is 0 Å². The molecule has 0 rings (SSSR count). The Morgan fingerprint density at radius 1 is 0.704 bits per heavy atom. The first-order valence-corrected chi connectivity index (χ1v) is 14.3. The topological polar surface area (TPSA) is 98.2 Å². The molecule has 0 fully saturated rings. The monoisotopic (exact) mass is 430 g/mol. The van der Waals surface area contributed by atoms with Crippen molar-refractivity contribution in [2.45, 2.75) is 73.5 Å². The fraction of sp³-hybridized carbons (Fsp3) is 1.00. The molecule has 0 unspecified atom stereocenters. The number of nitrogens with two attached hydrogens (primary N) is 2. The zero-order valence-electron chi connectivity index (χ0n) is 18.6. The van der Waals surface area contributed by atoms with Crippen molar-refractivity contribution in [2.75, 3.05) is 47.1 Å². The van der Waals surface area contributed by atoms with Crippen LogP contribution in [-0.2, 0) is 22.1 Å². The summed E-state index contributed by atoms with van der Waals surface area (Å²) in [4.78, 5) is 0. The highest BCUT2D eigenvalue weighted by Gasteiger charge is 2.39. The van der Waals surface area contributed by atoms with Gasteiger partial charge < -0.3 is 33.6 Å². The van der Waals surface area contributed by atoms with Crippen LogP contribution in [0.1, 0.15) is 54.9 Å². The molecule has 7 nitrogen and oxygen atoms in total. The molecule has 0 heterocycles. The predicted molar refractivity (Wildman–Crippen MR) is 121 cm³/mol. The Bertz CT molecular complexity index is 257. The molecule has 0 aliphatic carbocycles. The van der Waals surface area contributed by atoms with Crippen LogP contribution in [0.5, 0.6) is 0 Å². The number of hydrogen-bond donors (Lipinski definition) is 2. The summed E-state index contributed by atoms with van der Waals surface area (Å²) in [5.74, 6) is 0. The fourth-order valence-electron chi connectivity index (χ4n) is 2.03. The van der Waals surface area contributed by atoms with Crippen molar-refractivity contribution in [3.05, 3.63) is 0 Å². The van der Waals surface area contributed by atoms with Gasteiger partial charge in [0.15, 0.2) is 0 Å². The van der Waals surface area contributed by atoms with Crippen LogP contribution in [0.15, 0.2) is 0 Å². The van der Waals surface area contributed by atoms with Crippen molar-refractivity contribution in [3.63, 3.8) is 0 Å². The third-order valence-corrected chi connectivity index (χ3v) is 9.62. The Labute approximate surface area is 172 Å². The maximum absolute atomic E-state index is 5.65. The van der Waals surface area contributed by atoms with Crippen LogP contribution in [0.3, 0.4) is 0 Å². The summed E-state index contributed by atoms with van der Waals surface area (Å²) in [5, 5.41) is 0. The van der Waals surface area contributed by atoms with E-state index in [9.17, 15) is 0 Å². The largest absolute Gasteiger partial charge is 0.500 e. The van der Waals surface area contributed by atoms with Crippen LogP contribution in [0.2, 0.25) is 18.6 Å². The van der Waals surface area contributed by atoms with Gasteiger partial charge in [-0.05, 0) is 59.3 Å². The molecule has 0 radical (unpaired) electrons. The van der Waals surface area contributed by atoms with E-state index < -0.39 is 17.4 Å². The third-order valence-electron chi connectivity index (χ3n) is 3.48. The van der Waals surface area contributed by atoms with Gasteiger partial charge in [-0.25, -0.2) is 0 Å². The molecule has 0 aromatic heterocycles.